The Morgan fingerprint density at radius 3 is 2.07 bits per heavy atom. The fourth-order valence-corrected chi connectivity index (χ4v) is 6.90. The van der Waals surface area contributed by atoms with E-state index in [1.165, 1.54) is 35.2 Å². The summed E-state index contributed by atoms with van der Waals surface area (Å²) in [7, 11) is -4.29. The fourth-order valence-electron chi connectivity index (χ4n) is 4.72. The zero-order valence-corrected chi connectivity index (χ0v) is 29.0. The molecule has 12 heteroatoms. The highest BCUT2D eigenvalue weighted by Gasteiger charge is 2.35. The highest BCUT2D eigenvalue weighted by Crippen LogP contribution is 2.31. The number of nitrogens with zero attached hydrogens (tertiary/aromatic N) is 2. The van der Waals surface area contributed by atoms with Crippen LogP contribution in [0.4, 0.5) is 5.69 Å². The van der Waals surface area contributed by atoms with Gasteiger partial charge in [-0.25, -0.2) is 8.42 Å². The normalized spacial score (nSPS) is 12.7. The lowest BCUT2D eigenvalue weighted by Crippen LogP contribution is -2.54. The lowest BCUT2D eigenvalue weighted by molar-refractivity contribution is -0.140. The van der Waals surface area contributed by atoms with Crippen LogP contribution >= 0.6 is 46.4 Å². The molecule has 0 heterocycles. The summed E-state index contributed by atoms with van der Waals surface area (Å²) in [6.45, 7) is 3.07. The van der Waals surface area contributed by atoms with E-state index in [2.05, 4.69) is 5.32 Å². The van der Waals surface area contributed by atoms with Gasteiger partial charge >= 0.3 is 0 Å². The summed E-state index contributed by atoms with van der Waals surface area (Å²) >= 11 is 25.2. The molecule has 0 radical (unpaired) electrons. The lowest BCUT2D eigenvalue weighted by atomic mass is 10.0. The van der Waals surface area contributed by atoms with Gasteiger partial charge in [0.25, 0.3) is 10.0 Å². The summed E-state index contributed by atoms with van der Waals surface area (Å²) in [6, 6.07) is 25.0. The van der Waals surface area contributed by atoms with Crippen LogP contribution in [0.2, 0.25) is 20.1 Å². The van der Waals surface area contributed by atoms with Gasteiger partial charge in [0.15, 0.2) is 0 Å². The number of hydrogen-bond donors (Lipinski definition) is 1. The molecule has 0 unspecified atom stereocenters. The third kappa shape index (κ3) is 8.96. The van der Waals surface area contributed by atoms with Crippen molar-refractivity contribution in [2.45, 2.75) is 50.2 Å². The van der Waals surface area contributed by atoms with Gasteiger partial charge in [-0.2, -0.15) is 0 Å². The summed E-state index contributed by atoms with van der Waals surface area (Å²) in [4.78, 5) is 29.8. The molecule has 0 spiro atoms. The van der Waals surface area contributed by atoms with Gasteiger partial charge < -0.3 is 10.2 Å². The predicted molar refractivity (Wildman–Crippen MR) is 186 cm³/mol. The number of rotatable bonds is 13. The van der Waals surface area contributed by atoms with Gasteiger partial charge in [-0.15, -0.1) is 0 Å². The Kier molecular flexibility index (Phi) is 12.4. The Labute approximate surface area is 290 Å². The number of carbonyl (C=O) groups is 2. The molecular formula is C34H33Cl4N3O4S. The largest absolute Gasteiger partial charge is 0.352 e. The Morgan fingerprint density at radius 1 is 0.804 bits per heavy atom. The molecule has 4 aromatic rings. The van der Waals surface area contributed by atoms with Crippen LogP contribution < -0.4 is 9.62 Å². The number of amides is 2. The van der Waals surface area contributed by atoms with Crippen molar-refractivity contribution in [3.05, 3.63) is 128 Å². The number of sulfonamides is 1. The Hall–Kier alpha value is -3.27. The van der Waals surface area contributed by atoms with Crippen LogP contribution in [0.3, 0.4) is 0 Å². The molecule has 4 rings (SSSR count). The average Bonchev–Trinajstić information content (AvgIpc) is 3.04. The smallest absolute Gasteiger partial charge is 0.264 e. The number of benzene rings is 4. The molecule has 0 aromatic heterocycles. The SMILES string of the molecule is CC[C@H](C)NC(=O)[C@@H](Cc1ccccc1)N(Cc1ccc(Cl)cc1Cl)C(=O)CN(c1ccc(Cl)c(Cl)c1)S(=O)(=O)c1ccccc1. The molecule has 46 heavy (non-hydrogen) atoms. The number of hydrogen-bond acceptors (Lipinski definition) is 4. The molecule has 1 N–H and O–H groups in total. The second-order valence-corrected chi connectivity index (χ2v) is 14.2. The molecule has 242 valence electrons. The highest BCUT2D eigenvalue weighted by atomic mass is 35.5. The number of nitrogens with one attached hydrogen (secondary N) is 1. The minimum atomic E-state index is -4.29. The number of anilines is 1. The zero-order valence-electron chi connectivity index (χ0n) is 25.2. The quantitative estimate of drug-likeness (QED) is 0.152. The van der Waals surface area contributed by atoms with Crippen molar-refractivity contribution >= 4 is 73.9 Å². The maximum atomic E-state index is 14.5. The van der Waals surface area contributed by atoms with Crippen LogP contribution in [0.25, 0.3) is 0 Å². The molecule has 0 aliphatic rings. The average molecular weight is 722 g/mol. The molecule has 7 nitrogen and oxygen atoms in total. The van der Waals surface area contributed by atoms with Gasteiger partial charge in [-0.3, -0.25) is 13.9 Å². The first-order valence-electron chi connectivity index (χ1n) is 14.5. The van der Waals surface area contributed by atoms with E-state index in [4.69, 9.17) is 46.4 Å². The van der Waals surface area contributed by atoms with Gasteiger partial charge in [0, 0.05) is 29.1 Å². The summed E-state index contributed by atoms with van der Waals surface area (Å²) in [5.74, 6) is -1.03. The summed E-state index contributed by atoms with van der Waals surface area (Å²) in [6.07, 6.45) is 0.833. The monoisotopic (exact) mass is 719 g/mol. The Morgan fingerprint density at radius 2 is 1.46 bits per heavy atom. The summed E-state index contributed by atoms with van der Waals surface area (Å²) in [5, 5.41) is 4.03. The van der Waals surface area contributed by atoms with Crippen LogP contribution in [-0.2, 0) is 32.6 Å². The van der Waals surface area contributed by atoms with Crippen molar-refractivity contribution in [1.82, 2.24) is 10.2 Å². The third-order valence-electron chi connectivity index (χ3n) is 7.43. The first kappa shape index (κ1) is 35.6. The first-order valence-corrected chi connectivity index (χ1v) is 17.5. The van der Waals surface area contributed by atoms with E-state index in [0.29, 0.717) is 22.0 Å². The van der Waals surface area contributed by atoms with Crippen LogP contribution in [0.1, 0.15) is 31.4 Å². The maximum absolute atomic E-state index is 14.5. The molecule has 0 saturated heterocycles. The van der Waals surface area contributed by atoms with Crippen molar-refractivity contribution in [2.24, 2.45) is 0 Å². The molecule has 0 aliphatic carbocycles. The van der Waals surface area contributed by atoms with Crippen LogP contribution in [0.5, 0.6) is 0 Å². The molecule has 0 bridgehead atoms. The first-order chi connectivity index (χ1) is 21.9. The van der Waals surface area contributed by atoms with Crippen molar-refractivity contribution in [3.63, 3.8) is 0 Å². The standard InChI is InChI=1S/C34H33Cl4N3O4S/c1-3-23(2)39-34(43)32(18-24-10-6-4-7-11-24)40(21-25-14-15-26(35)19-30(25)37)33(42)22-41(27-16-17-29(36)31(38)20-27)46(44,45)28-12-8-5-9-13-28/h4-17,19-20,23,32H,3,18,21-22H2,1-2H3,(H,39,43)/t23-,32+/m0/s1. The molecule has 0 fully saturated rings. The minimum absolute atomic E-state index is 0.0310. The second-order valence-electron chi connectivity index (χ2n) is 10.7. The molecular weight excluding hydrogens is 688 g/mol. The van der Waals surface area contributed by atoms with Gasteiger partial charge in [0.2, 0.25) is 11.8 Å². The van der Waals surface area contributed by atoms with E-state index in [-0.39, 0.29) is 45.5 Å². The summed E-state index contributed by atoms with van der Waals surface area (Å²) < 4.78 is 29.1. The molecule has 0 aliphatic heterocycles. The predicted octanol–water partition coefficient (Wildman–Crippen LogP) is 8.05. The van der Waals surface area contributed by atoms with E-state index < -0.39 is 28.5 Å². The van der Waals surface area contributed by atoms with Crippen molar-refractivity contribution in [1.29, 1.82) is 0 Å². The maximum Gasteiger partial charge on any atom is 0.264 e. The fraction of sp³-hybridized carbons (Fsp3) is 0.235. The zero-order chi connectivity index (χ0) is 33.4. The summed E-state index contributed by atoms with van der Waals surface area (Å²) in [5.41, 5.74) is 1.46. The third-order valence-corrected chi connectivity index (χ3v) is 10.5. The van der Waals surface area contributed by atoms with E-state index >= 15 is 0 Å². The van der Waals surface area contributed by atoms with Crippen molar-refractivity contribution < 1.29 is 18.0 Å². The van der Waals surface area contributed by atoms with Gasteiger partial charge in [-0.05, 0) is 66.9 Å². The van der Waals surface area contributed by atoms with E-state index in [9.17, 15) is 18.0 Å². The van der Waals surface area contributed by atoms with Crippen molar-refractivity contribution in [2.75, 3.05) is 10.8 Å². The topological polar surface area (TPSA) is 86.8 Å². The Bertz CT molecular complexity index is 1780. The molecule has 4 aromatic carbocycles. The second kappa shape index (κ2) is 16.0. The lowest BCUT2D eigenvalue weighted by Gasteiger charge is -2.34. The number of halogens is 4. The van der Waals surface area contributed by atoms with Crippen LogP contribution in [0, 0.1) is 0 Å². The molecule has 2 atom stereocenters. The van der Waals surface area contributed by atoms with Crippen LogP contribution in [0.15, 0.2) is 102 Å². The van der Waals surface area contributed by atoms with E-state index in [1.807, 2.05) is 44.2 Å². The van der Waals surface area contributed by atoms with Gasteiger partial charge in [0.05, 0.1) is 20.6 Å². The highest BCUT2D eigenvalue weighted by molar-refractivity contribution is 7.92. The number of carbonyl (C=O) groups excluding carboxylic acids is 2. The molecule has 2 amide bonds. The van der Waals surface area contributed by atoms with Gasteiger partial charge in [-0.1, -0.05) is 108 Å². The van der Waals surface area contributed by atoms with E-state index in [1.54, 1.807) is 36.4 Å². The molecule has 0 saturated carbocycles. The van der Waals surface area contributed by atoms with Crippen molar-refractivity contribution in [3.8, 4) is 0 Å². The Balaban J connectivity index is 1.84. The minimum Gasteiger partial charge on any atom is -0.352 e. The van der Waals surface area contributed by atoms with Crippen LogP contribution in [-0.4, -0.2) is 43.8 Å². The van der Waals surface area contributed by atoms with E-state index in [0.717, 1.165) is 9.87 Å². The van der Waals surface area contributed by atoms with Gasteiger partial charge in [0.1, 0.15) is 12.6 Å².